The number of hydrogen-bond acceptors (Lipinski definition) is 4. The summed E-state index contributed by atoms with van der Waals surface area (Å²) in [5, 5.41) is 17.5. The van der Waals surface area contributed by atoms with E-state index in [9.17, 15) is 0 Å². The maximum atomic E-state index is 8.76. The summed E-state index contributed by atoms with van der Waals surface area (Å²) in [5.74, 6) is 1.32. The molecule has 0 unspecified atom stereocenters. The predicted octanol–water partition coefficient (Wildman–Crippen LogP) is 3.69. The smallest absolute Gasteiger partial charge is 0.161 e. The molecule has 0 amide bonds. The second kappa shape index (κ2) is 8.61. The molecule has 1 rings (SSSR count). The Hall–Kier alpha value is -2.46. The number of hydrogen-bond donors (Lipinski definition) is 0. The quantitative estimate of drug-likeness (QED) is 0.559. The maximum Gasteiger partial charge on any atom is 0.161 e. The SMILES string of the molecule is CCCCOc1ccc(C=C(C#N)C#N)cc1OCC. The number of ether oxygens (including phenoxy) is 2. The summed E-state index contributed by atoms with van der Waals surface area (Å²) in [4.78, 5) is 0. The molecule has 4 heteroatoms. The van der Waals surface area contributed by atoms with Gasteiger partial charge < -0.3 is 9.47 Å². The van der Waals surface area contributed by atoms with Gasteiger partial charge in [0, 0.05) is 0 Å². The first-order valence-electron chi connectivity index (χ1n) is 6.66. The fourth-order valence-electron chi connectivity index (χ4n) is 1.58. The van der Waals surface area contributed by atoms with Crippen LogP contribution in [-0.2, 0) is 0 Å². The molecule has 0 N–H and O–H groups in total. The van der Waals surface area contributed by atoms with Crippen LogP contribution < -0.4 is 9.47 Å². The lowest BCUT2D eigenvalue weighted by atomic mass is 10.1. The van der Waals surface area contributed by atoms with Crippen LogP contribution in [0, 0.1) is 22.7 Å². The highest BCUT2D eigenvalue weighted by molar-refractivity contribution is 5.64. The van der Waals surface area contributed by atoms with Crippen LogP contribution in [0.3, 0.4) is 0 Å². The zero-order valence-electron chi connectivity index (χ0n) is 11.8. The summed E-state index contributed by atoms with van der Waals surface area (Å²) in [6.45, 7) is 5.18. The molecule has 1 aromatic carbocycles. The monoisotopic (exact) mass is 270 g/mol. The Bertz CT molecular complexity index is 535. The molecule has 0 bridgehead atoms. The van der Waals surface area contributed by atoms with Gasteiger partial charge in [0.25, 0.3) is 0 Å². The van der Waals surface area contributed by atoms with Crippen molar-refractivity contribution in [3.05, 3.63) is 29.3 Å². The topological polar surface area (TPSA) is 66.0 Å². The lowest BCUT2D eigenvalue weighted by molar-refractivity contribution is 0.272. The Morgan fingerprint density at radius 2 is 1.90 bits per heavy atom. The summed E-state index contributed by atoms with van der Waals surface area (Å²) in [5.41, 5.74) is 0.807. The molecule has 0 radical (unpaired) electrons. The van der Waals surface area contributed by atoms with E-state index in [1.165, 1.54) is 6.08 Å². The van der Waals surface area contributed by atoms with Crippen molar-refractivity contribution in [1.29, 1.82) is 10.5 Å². The van der Waals surface area contributed by atoms with Gasteiger partial charge in [0.15, 0.2) is 11.5 Å². The molecule has 4 nitrogen and oxygen atoms in total. The highest BCUT2D eigenvalue weighted by Gasteiger charge is 2.06. The number of benzene rings is 1. The summed E-state index contributed by atoms with van der Waals surface area (Å²) in [6, 6.07) is 9.06. The fraction of sp³-hybridized carbons (Fsp3) is 0.375. The average molecular weight is 270 g/mol. The minimum absolute atomic E-state index is 0.0621. The Morgan fingerprint density at radius 1 is 1.15 bits per heavy atom. The molecule has 0 aromatic heterocycles. The zero-order valence-corrected chi connectivity index (χ0v) is 11.8. The molecular weight excluding hydrogens is 252 g/mol. The third-order valence-electron chi connectivity index (χ3n) is 2.57. The molecule has 0 spiro atoms. The van der Waals surface area contributed by atoms with E-state index in [0.29, 0.717) is 24.7 Å². The van der Waals surface area contributed by atoms with Crippen LogP contribution in [-0.4, -0.2) is 13.2 Å². The van der Waals surface area contributed by atoms with Crippen LogP contribution in [0.1, 0.15) is 32.3 Å². The van der Waals surface area contributed by atoms with E-state index in [2.05, 4.69) is 6.92 Å². The van der Waals surface area contributed by atoms with Gasteiger partial charge in [-0.25, -0.2) is 0 Å². The van der Waals surface area contributed by atoms with Crippen LogP contribution >= 0.6 is 0 Å². The van der Waals surface area contributed by atoms with Gasteiger partial charge >= 0.3 is 0 Å². The largest absolute Gasteiger partial charge is 0.490 e. The number of rotatable bonds is 7. The Morgan fingerprint density at radius 3 is 2.50 bits per heavy atom. The standard InChI is InChI=1S/C16H18N2O2/c1-3-5-8-20-15-7-6-13(9-14(11-17)12-18)10-16(15)19-4-2/h6-7,9-10H,3-5,8H2,1-2H3. The first kappa shape index (κ1) is 15.6. The molecule has 20 heavy (non-hydrogen) atoms. The summed E-state index contributed by atoms with van der Waals surface area (Å²) in [6.07, 6.45) is 3.58. The van der Waals surface area contributed by atoms with Crippen LogP contribution in [0.2, 0.25) is 0 Å². The molecule has 0 fully saturated rings. The van der Waals surface area contributed by atoms with E-state index in [0.717, 1.165) is 18.4 Å². The van der Waals surface area contributed by atoms with E-state index < -0.39 is 0 Å². The van der Waals surface area contributed by atoms with Gasteiger partial charge in [-0.2, -0.15) is 10.5 Å². The van der Waals surface area contributed by atoms with Crippen molar-refractivity contribution in [2.45, 2.75) is 26.7 Å². The lowest BCUT2D eigenvalue weighted by Crippen LogP contribution is -2.00. The summed E-state index contributed by atoms with van der Waals surface area (Å²) in [7, 11) is 0. The molecule has 0 saturated heterocycles. The first-order chi connectivity index (χ1) is 9.74. The molecular formula is C16H18N2O2. The minimum atomic E-state index is 0.0621. The van der Waals surface area contributed by atoms with E-state index >= 15 is 0 Å². The van der Waals surface area contributed by atoms with E-state index in [1.54, 1.807) is 18.2 Å². The molecule has 0 aliphatic heterocycles. The lowest BCUT2D eigenvalue weighted by Gasteiger charge is -2.12. The number of nitrogens with zero attached hydrogens (tertiary/aromatic N) is 2. The van der Waals surface area contributed by atoms with Crippen molar-refractivity contribution >= 4 is 6.08 Å². The fourth-order valence-corrected chi connectivity index (χ4v) is 1.58. The Balaban J connectivity index is 2.98. The van der Waals surface area contributed by atoms with Crippen LogP contribution in [0.25, 0.3) is 6.08 Å². The van der Waals surface area contributed by atoms with Gasteiger partial charge in [-0.1, -0.05) is 19.4 Å². The van der Waals surface area contributed by atoms with Crippen molar-refractivity contribution in [3.63, 3.8) is 0 Å². The van der Waals surface area contributed by atoms with Crippen LogP contribution in [0.4, 0.5) is 0 Å². The third kappa shape index (κ3) is 4.66. The molecule has 0 aliphatic rings. The number of unbranched alkanes of at least 4 members (excludes halogenated alkanes) is 1. The average Bonchev–Trinajstić information content (AvgIpc) is 2.47. The zero-order chi connectivity index (χ0) is 14.8. The van der Waals surface area contributed by atoms with Gasteiger partial charge in [-0.05, 0) is 37.1 Å². The molecule has 104 valence electrons. The van der Waals surface area contributed by atoms with Gasteiger partial charge in [-0.3, -0.25) is 0 Å². The maximum absolute atomic E-state index is 8.76. The predicted molar refractivity (Wildman–Crippen MR) is 77.2 cm³/mol. The third-order valence-corrected chi connectivity index (χ3v) is 2.57. The van der Waals surface area contributed by atoms with Crippen LogP contribution in [0.15, 0.2) is 23.8 Å². The van der Waals surface area contributed by atoms with Gasteiger partial charge in [0.2, 0.25) is 0 Å². The van der Waals surface area contributed by atoms with Crippen molar-refractivity contribution in [1.82, 2.24) is 0 Å². The second-order valence-corrected chi connectivity index (χ2v) is 4.12. The normalized spacial score (nSPS) is 9.20. The highest BCUT2D eigenvalue weighted by Crippen LogP contribution is 2.29. The molecule has 1 aromatic rings. The molecule has 0 aliphatic carbocycles. The van der Waals surface area contributed by atoms with E-state index in [-0.39, 0.29) is 5.57 Å². The summed E-state index contributed by atoms with van der Waals surface area (Å²) < 4.78 is 11.2. The van der Waals surface area contributed by atoms with Crippen molar-refractivity contribution < 1.29 is 9.47 Å². The van der Waals surface area contributed by atoms with E-state index in [4.69, 9.17) is 20.0 Å². The number of nitriles is 2. The Kier molecular flexibility index (Phi) is 6.71. The molecule has 0 atom stereocenters. The van der Waals surface area contributed by atoms with Crippen molar-refractivity contribution in [3.8, 4) is 23.6 Å². The highest BCUT2D eigenvalue weighted by atomic mass is 16.5. The molecule has 0 saturated carbocycles. The first-order valence-corrected chi connectivity index (χ1v) is 6.66. The minimum Gasteiger partial charge on any atom is -0.490 e. The second-order valence-electron chi connectivity index (χ2n) is 4.12. The summed E-state index contributed by atoms with van der Waals surface area (Å²) >= 11 is 0. The van der Waals surface area contributed by atoms with Crippen LogP contribution in [0.5, 0.6) is 11.5 Å². The van der Waals surface area contributed by atoms with Gasteiger partial charge in [0.1, 0.15) is 17.7 Å². The van der Waals surface area contributed by atoms with Gasteiger partial charge in [0.05, 0.1) is 13.2 Å². The Labute approximate surface area is 119 Å². The van der Waals surface area contributed by atoms with Crippen molar-refractivity contribution in [2.75, 3.05) is 13.2 Å². The van der Waals surface area contributed by atoms with E-state index in [1.807, 2.05) is 19.1 Å². The number of allylic oxidation sites excluding steroid dienone is 1. The van der Waals surface area contributed by atoms with Gasteiger partial charge in [-0.15, -0.1) is 0 Å². The molecule has 0 heterocycles. The van der Waals surface area contributed by atoms with Crippen molar-refractivity contribution in [2.24, 2.45) is 0 Å².